The number of carboxylic acid groups (broad SMARTS) is 1. The summed E-state index contributed by atoms with van der Waals surface area (Å²) in [6.07, 6.45) is 1.15. The van der Waals surface area contributed by atoms with Crippen LogP contribution in [0.4, 0.5) is 0 Å². The summed E-state index contributed by atoms with van der Waals surface area (Å²) in [6.45, 7) is 1.08. The number of carbonyl (C=O) groups is 4. The number of likely N-dealkylation sites (tertiary alicyclic amines) is 1. The fourth-order valence-electron chi connectivity index (χ4n) is 3.29. The first-order valence-electron chi connectivity index (χ1n) is 9.79. The van der Waals surface area contributed by atoms with Gasteiger partial charge in [0.2, 0.25) is 17.7 Å². The van der Waals surface area contributed by atoms with E-state index in [-0.39, 0.29) is 6.42 Å². The average Bonchev–Trinajstić information content (AvgIpc) is 3.22. The number of aliphatic hydroxyl groups excluding tert-OH is 1. The van der Waals surface area contributed by atoms with Crippen LogP contribution < -0.4 is 16.4 Å². The van der Waals surface area contributed by atoms with Gasteiger partial charge in [-0.05, 0) is 25.3 Å². The number of aliphatic hydroxyl groups is 1. The molecule has 1 fully saturated rings. The molecule has 164 valence electrons. The van der Waals surface area contributed by atoms with E-state index < -0.39 is 54.5 Å². The van der Waals surface area contributed by atoms with Gasteiger partial charge in [0.1, 0.15) is 24.2 Å². The minimum atomic E-state index is -1.18. The number of aliphatic carboxylic acids is 1. The van der Waals surface area contributed by atoms with E-state index in [2.05, 4.69) is 10.6 Å². The zero-order valence-corrected chi connectivity index (χ0v) is 16.8. The Morgan fingerprint density at radius 3 is 2.47 bits per heavy atom. The topological polar surface area (TPSA) is 162 Å². The fraction of sp³-hybridized carbons (Fsp3) is 0.500. The Morgan fingerprint density at radius 1 is 1.20 bits per heavy atom. The molecular weight excluding hydrogens is 392 g/mol. The third-order valence-electron chi connectivity index (χ3n) is 5.00. The lowest BCUT2D eigenvalue weighted by Gasteiger charge is -2.29. The molecule has 1 heterocycles. The summed E-state index contributed by atoms with van der Waals surface area (Å²) in [7, 11) is 0. The molecule has 0 saturated carbocycles. The first-order valence-corrected chi connectivity index (χ1v) is 9.79. The number of rotatable bonds is 9. The van der Waals surface area contributed by atoms with Gasteiger partial charge in [0.25, 0.3) is 0 Å². The lowest BCUT2D eigenvalue weighted by Crippen LogP contribution is -2.57. The quantitative estimate of drug-likeness (QED) is 0.329. The minimum absolute atomic E-state index is 0.180. The van der Waals surface area contributed by atoms with E-state index in [4.69, 9.17) is 15.9 Å². The van der Waals surface area contributed by atoms with E-state index in [1.54, 1.807) is 24.3 Å². The van der Waals surface area contributed by atoms with Gasteiger partial charge in [0, 0.05) is 13.0 Å². The largest absolute Gasteiger partial charge is 0.480 e. The number of nitrogens with zero attached hydrogens (tertiary/aromatic N) is 1. The number of hydrogen-bond acceptors (Lipinski definition) is 6. The Hall–Kier alpha value is -2.98. The van der Waals surface area contributed by atoms with Crippen LogP contribution >= 0.6 is 0 Å². The van der Waals surface area contributed by atoms with E-state index in [9.17, 15) is 19.2 Å². The van der Waals surface area contributed by atoms with Crippen LogP contribution in [0.5, 0.6) is 0 Å². The van der Waals surface area contributed by atoms with Gasteiger partial charge >= 0.3 is 5.97 Å². The van der Waals surface area contributed by atoms with Crippen LogP contribution in [0.25, 0.3) is 0 Å². The fourth-order valence-corrected chi connectivity index (χ4v) is 3.29. The number of nitrogens with one attached hydrogen (secondary N) is 2. The molecule has 0 radical (unpaired) electrons. The molecule has 1 aliphatic heterocycles. The van der Waals surface area contributed by atoms with E-state index >= 15 is 0 Å². The Kier molecular flexibility index (Phi) is 8.31. The molecule has 1 saturated heterocycles. The van der Waals surface area contributed by atoms with Crippen LogP contribution in [-0.2, 0) is 25.6 Å². The lowest BCUT2D eigenvalue weighted by atomic mass is 10.0. The third kappa shape index (κ3) is 6.01. The van der Waals surface area contributed by atoms with Gasteiger partial charge in [0.15, 0.2) is 0 Å². The van der Waals surface area contributed by atoms with Crippen LogP contribution in [0.15, 0.2) is 30.3 Å². The van der Waals surface area contributed by atoms with Crippen molar-refractivity contribution in [2.75, 3.05) is 13.2 Å². The zero-order chi connectivity index (χ0) is 22.3. The summed E-state index contributed by atoms with van der Waals surface area (Å²) >= 11 is 0. The van der Waals surface area contributed by atoms with Gasteiger partial charge in [-0.2, -0.15) is 0 Å². The number of nitrogens with two attached hydrogens (primary N) is 1. The number of benzene rings is 1. The third-order valence-corrected chi connectivity index (χ3v) is 5.00. The first kappa shape index (κ1) is 23.3. The second-order valence-electron chi connectivity index (χ2n) is 7.30. The summed E-state index contributed by atoms with van der Waals surface area (Å²) in [5, 5.41) is 23.1. The lowest BCUT2D eigenvalue weighted by molar-refractivity contribution is -0.144. The number of carbonyl (C=O) groups excluding carboxylic acids is 3. The zero-order valence-electron chi connectivity index (χ0n) is 16.8. The highest BCUT2D eigenvalue weighted by atomic mass is 16.4. The summed E-state index contributed by atoms with van der Waals surface area (Å²) in [5.41, 5.74) is 6.36. The van der Waals surface area contributed by atoms with Crippen LogP contribution in [0.3, 0.4) is 0 Å². The van der Waals surface area contributed by atoms with E-state index in [0.717, 1.165) is 5.56 Å². The number of amides is 3. The number of carboxylic acids is 1. The highest BCUT2D eigenvalue weighted by molar-refractivity contribution is 5.94. The Morgan fingerprint density at radius 2 is 1.87 bits per heavy atom. The van der Waals surface area contributed by atoms with Crippen molar-refractivity contribution in [2.45, 2.75) is 50.4 Å². The van der Waals surface area contributed by atoms with Crippen molar-refractivity contribution in [2.24, 2.45) is 5.73 Å². The highest BCUT2D eigenvalue weighted by Gasteiger charge is 2.38. The Labute approximate surface area is 174 Å². The summed E-state index contributed by atoms with van der Waals surface area (Å²) in [6, 6.07) is 4.98. The van der Waals surface area contributed by atoms with Crippen molar-refractivity contribution in [3.8, 4) is 0 Å². The molecule has 10 nitrogen and oxygen atoms in total. The molecule has 0 spiro atoms. The second kappa shape index (κ2) is 10.7. The smallest absolute Gasteiger partial charge is 0.325 e. The Balaban J connectivity index is 2.19. The molecule has 1 aromatic carbocycles. The van der Waals surface area contributed by atoms with Crippen molar-refractivity contribution >= 4 is 23.7 Å². The molecule has 10 heteroatoms. The van der Waals surface area contributed by atoms with E-state index in [1.165, 1.54) is 11.8 Å². The first-order chi connectivity index (χ1) is 14.2. The predicted octanol–water partition coefficient (Wildman–Crippen LogP) is -1.39. The molecule has 4 atom stereocenters. The Bertz CT molecular complexity index is 772. The molecule has 2 rings (SSSR count). The van der Waals surface area contributed by atoms with Crippen molar-refractivity contribution in [3.05, 3.63) is 35.9 Å². The molecule has 6 N–H and O–H groups in total. The number of hydrogen-bond donors (Lipinski definition) is 5. The molecular formula is C20H28N4O6. The maximum atomic E-state index is 13.2. The van der Waals surface area contributed by atoms with Gasteiger partial charge in [-0.1, -0.05) is 30.3 Å². The molecule has 0 aromatic heterocycles. The minimum Gasteiger partial charge on any atom is -0.480 e. The second-order valence-corrected chi connectivity index (χ2v) is 7.30. The summed E-state index contributed by atoms with van der Waals surface area (Å²) in [5.74, 6) is -2.86. The van der Waals surface area contributed by atoms with Gasteiger partial charge in [-0.25, -0.2) is 0 Å². The van der Waals surface area contributed by atoms with Crippen LogP contribution in [-0.4, -0.2) is 76.1 Å². The highest BCUT2D eigenvalue weighted by Crippen LogP contribution is 2.20. The van der Waals surface area contributed by atoms with Crippen LogP contribution in [0.1, 0.15) is 25.3 Å². The molecule has 1 aromatic rings. The van der Waals surface area contributed by atoms with Crippen molar-refractivity contribution in [1.82, 2.24) is 15.5 Å². The van der Waals surface area contributed by atoms with Gasteiger partial charge in [0.05, 0.1) is 6.61 Å². The molecule has 4 unspecified atom stereocenters. The van der Waals surface area contributed by atoms with Crippen molar-refractivity contribution in [3.63, 3.8) is 0 Å². The SMILES string of the molecule is CC(NC(=O)C1CCCN1C(=O)C(Cc1ccccc1)NC(=O)C(N)CO)C(=O)O. The monoisotopic (exact) mass is 420 g/mol. The van der Waals surface area contributed by atoms with Crippen molar-refractivity contribution < 1.29 is 29.4 Å². The molecule has 1 aliphatic rings. The average molecular weight is 420 g/mol. The van der Waals surface area contributed by atoms with E-state index in [0.29, 0.717) is 19.4 Å². The molecule has 3 amide bonds. The van der Waals surface area contributed by atoms with E-state index in [1.807, 2.05) is 6.07 Å². The van der Waals surface area contributed by atoms with Crippen molar-refractivity contribution in [1.29, 1.82) is 0 Å². The normalized spacial score (nSPS) is 18.9. The van der Waals surface area contributed by atoms with Gasteiger partial charge < -0.3 is 31.5 Å². The standard InChI is InChI=1S/C20H28N4O6/c1-12(20(29)30)22-18(27)16-8-5-9-24(16)19(28)15(23-17(26)14(21)11-25)10-13-6-3-2-4-7-13/h2-4,6-7,12,14-16,25H,5,8-11,21H2,1H3,(H,22,27)(H,23,26)(H,29,30). The molecule has 0 bridgehead atoms. The maximum absolute atomic E-state index is 13.2. The van der Waals surface area contributed by atoms with Crippen LogP contribution in [0.2, 0.25) is 0 Å². The van der Waals surface area contributed by atoms with Gasteiger partial charge in [-0.15, -0.1) is 0 Å². The summed E-state index contributed by atoms with van der Waals surface area (Å²) < 4.78 is 0. The van der Waals surface area contributed by atoms with Gasteiger partial charge in [-0.3, -0.25) is 19.2 Å². The maximum Gasteiger partial charge on any atom is 0.325 e. The summed E-state index contributed by atoms with van der Waals surface area (Å²) in [4.78, 5) is 50.4. The van der Waals surface area contributed by atoms with Crippen LogP contribution in [0, 0.1) is 0 Å². The molecule has 0 aliphatic carbocycles. The predicted molar refractivity (Wildman–Crippen MR) is 107 cm³/mol. The molecule has 30 heavy (non-hydrogen) atoms.